The van der Waals surface area contributed by atoms with E-state index in [1.165, 1.54) is 11.8 Å². The number of thioether (sulfide) groups is 1. The highest BCUT2D eigenvalue weighted by Gasteiger charge is 2.00. The van der Waals surface area contributed by atoms with Gasteiger partial charge in [0.15, 0.2) is 10.8 Å². The molecule has 0 aliphatic heterocycles. The van der Waals surface area contributed by atoms with Crippen LogP contribution in [0.2, 0.25) is 0 Å². The van der Waals surface area contributed by atoms with Crippen molar-refractivity contribution >= 4 is 35.0 Å². The number of hydrogen-bond donors (Lipinski definition) is 2. The van der Waals surface area contributed by atoms with Crippen LogP contribution in [0.1, 0.15) is 0 Å². The Labute approximate surface area is 77.8 Å². The molecular weight excluding hydrogens is 192 g/mol. The summed E-state index contributed by atoms with van der Waals surface area (Å²) in [5.74, 6) is 0. The van der Waals surface area contributed by atoms with E-state index in [1.54, 1.807) is 6.20 Å². The Morgan fingerprint density at radius 2 is 2.33 bits per heavy atom. The number of fused-ring (bicyclic) bond motifs is 1. The average Bonchev–Trinajstić information content (AvgIpc) is 2.47. The molecule has 6 heteroatoms. The lowest BCUT2D eigenvalue weighted by atomic mass is 10.4. The molecule has 2 aromatic heterocycles. The number of rotatable bonds is 1. The Balaban J connectivity index is 2.77. The predicted octanol–water partition coefficient (Wildman–Crippen LogP) is 1.74. The molecule has 2 rings (SSSR count). The summed E-state index contributed by atoms with van der Waals surface area (Å²) >= 11 is 6.50. The monoisotopic (exact) mass is 198 g/mol. The normalized spacial score (nSPS) is 10.8. The van der Waals surface area contributed by atoms with Crippen molar-refractivity contribution in [3.8, 4) is 0 Å². The van der Waals surface area contributed by atoms with Crippen molar-refractivity contribution in [3.05, 3.63) is 10.8 Å². The third kappa shape index (κ3) is 1.12. The largest absolute Gasteiger partial charge is 0.289 e. The maximum absolute atomic E-state index is 4.99. The van der Waals surface area contributed by atoms with Crippen LogP contribution in [0.15, 0.2) is 11.4 Å². The van der Waals surface area contributed by atoms with Crippen molar-refractivity contribution in [1.29, 1.82) is 0 Å². The SMILES string of the molecule is CSc1ncc2c(=S)[nH][nH]c2n1. The molecule has 0 saturated heterocycles. The summed E-state index contributed by atoms with van der Waals surface area (Å²) in [6.07, 6.45) is 3.66. The molecule has 0 bridgehead atoms. The number of nitrogens with one attached hydrogen (secondary N) is 2. The van der Waals surface area contributed by atoms with Gasteiger partial charge in [0.2, 0.25) is 0 Å². The van der Waals surface area contributed by atoms with Crippen LogP contribution in [0.25, 0.3) is 11.0 Å². The first-order valence-corrected chi connectivity index (χ1v) is 4.92. The maximum atomic E-state index is 4.99. The van der Waals surface area contributed by atoms with Crippen LogP contribution < -0.4 is 0 Å². The first kappa shape index (κ1) is 7.75. The van der Waals surface area contributed by atoms with E-state index < -0.39 is 0 Å². The fraction of sp³-hybridized carbons (Fsp3) is 0.167. The van der Waals surface area contributed by atoms with E-state index in [-0.39, 0.29) is 0 Å². The van der Waals surface area contributed by atoms with Crippen molar-refractivity contribution in [2.75, 3.05) is 6.26 Å². The number of H-pyrrole nitrogens is 2. The van der Waals surface area contributed by atoms with E-state index in [0.29, 0.717) is 4.64 Å². The lowest BCUT2D eigenvalue weighted by Crippen LogP contribution is -1.84. The Hall–Kier alpha value is -0.880. The zero-order valence-corrected chi connectivity index (χ0v) is 7.92. The predicted molar refractivity (Wildman–Crippen MR) is 50.9 cm³/mol. The number of aromatic amines is 2. The van der Waals surface area contributed by atoms with Crippen molar-refractivity contribution in [2.24, 2.45) is 0 Å². The zero-order chi connectivity index (χ0) is 8.55. The van der Waals surface area contributed by atoms with E-state index in [4.69, 9.17) is 12.2 Å². The highest BCUT2D eigenvalue weighted by molar-refractivity contribution is 7.98. The minimum atomic E-state index is 0.651. The van der Waals surface area contributed by atoms with Crippen molar-refractivity contribution in [1.82, 2.24) is 20.2 Å². The number of nitrogens with zero attached hydrogens (tertiary/aromatic N) is 2. The molecule has 0 spiro atoms. The molecular formula is C6H6N4S2. The third-order valence-corrected chi connectivity index (χ3v) is 2.37. The molecule has 2 N–H and O–H groups in total. The van der Waals surface area contributed by atoms with Gasteiger partial charge in [0, 0.05) is 6.20 Å². The van der Waals surface area contributed by atoms with Gasteiger partial charge in [0.1, 0.15) is 4.64 Å². The summed E-state index contributed by atoms with van der Waals surface area (Å²) in [6.45, 7) is 0. The highest BCUT2D eigenvalue weighted by atomic mass is 32.2. The summed E-state index contributed by atoms with van der Waals surface area (Å²) in [5.41, 5.74) is 0.763. The van der Waals surface area contributed by atoms with Crippen molar-refractivity contribution < 1.29 is 0 Å². The van der Waals surface area contributed by atoms with Gasteiger partial charge in [-0.05, 0) is 6.26 Å². The molecule has 0 unspecified atom stereocenters. The smallest absolute Gasteiger partial charge is 0.189 e. The summed E-state index contributed by atoms with van der Waals surface area (Å²) in [4.78, 5) is 8.32. The van der Waals surface area contributed by atoms with Gasteiger partial charge in [0.25, 0.3) is 0 Å². The van der Waals surface area contributed by atoms with E-state index in [1.807, 2.05) is 6.26 Å². The van der Waals surface area contributed by atoms with Crippen LogP contribution in [0.3, 0.4) is 0 Å². The second kappa shape index (κ2) is 2.87. The maximum Gasteiger partial charge on any atom is 0.189 e. The lowest BCUT2D eigenvalue weighted by Gasteiger charge is -1.91. The molecule has 0 aromatic carbocycles. The molecule has 0 saturated carbocycles. The first-order chi connectivity index (χ1) is 5.81. The van der Waals surface area contributed by atoms with Gasteiger partial charge < -0.3 is 0 Å². The summed E-state index contributed by atoms with van der Waals surface area (Å²) in [5, 5.41) is 7.28. The van der Waals surface area contributed by atoms with Gasteiger partial charge in [-0.2, -0.15) is 0 Å². The van der Waals surface area contributed by atoms with Crippen molar-refractivity contribution in [3.63, 3.8) is 0 Å². The lowest BCUT2D eigenvalue weighted by molar-refractivity contribution is 0.984. The second-order valence-corrected chi connectivity index (χ2v) is 3.38. The van der Waals surface area contributed by atoms with Crippen molar-refractivity contribution in [2.45, 2.75) is 5.16 Å². The molecule has 0 radical (unpaired) electrons. The summed E-state index contributed by atoms with van der Waals surface area (Å²) < 4.78 is 0.651. The minimum Gasteiger partial charge on any atom is -0.289 e. The Morgan fingerprint density at radius 3 is 3.08 bits per heavy atom. The molecule has 12 heavy (non-hydrogen) atoms. The molecule has 2 aromatic rings. The van der Waals surface area contributed by atoms with Crippen LogP contribution >= 0.6 is 24.0 Å². The molecule has 4 nitrogen and oxygen atoms in total. The van der Waals surface area contributed by atoms with Gasteiger partial charge in [0.05, 0.1) is 5.39 Å². The standard InChI is InChI=1S/C6H6N4S2/c1-12-6-7-2-3-4(8-6)9-10-5(3)11/h2H,1H3,(H2,7,8,9,10,11). The summed E-state index contributed by atoms with van der Waals surface area (Å²) in [7, 11) is 0. The van der Waals surface area contributed by atoms with E-state index in [0.717, 1.165) is 16.2 Å². The Kier molecular flexibility index (Phi) is 1.86. The number of aromatic nitrogens is 4. The first-order valence-electron chi connectivity index (χ1n) is 3.28. The Bertz CT molecular complexity index is 458. The van der Waals surface area contributed by atoms with E-state index >= 15 is 0 Å². The van der Waals surface area contributed by atoms with Gasteiger partial charge in [-0.3, -0.25) is 10.2 Å². The zero-order valence-electron chi connectivity index (χ0n) is 6.29. The second-order valence-electron chi connectivity index (χ2n) is 2.20. The van der Waals surface area contributed by atoms with Crippen LogP contribution in [0.4, 0.5) is 0 Å². The molecule has 0 amide bonds. The fourth-order valence-corrected chi connectivity index (χ4v) is 1.45. The minimum absolute atomic E-state index is 0.651. The summed E-state index contributed by atoms with van der Waals surface area (Å²) in [6, 6.07) is 0. The highest BCUT2D eigenvalue weighted by Crippen LogP contribution is 2.13. The van der Waals surface area contributed by atoms with E-state index in [9.17, 15) is 0 Å². The topological polar surface area (TPSA) is 57.4 Å². The quantitative estimate of drug-likeness (QED) is 0.416. The van der Waals surface area contributed by atoms with Crippen LogP contribution in [-0.2, 0) is 0 Å². The molecule has 0 aliphatic rings. The molecule has 62 valence electrons. The number of hydrogen-bond acceptors (Lipinski definition) is 4. The third-order valence-electron chi connectivity index (χ3n) is 1.49. The molecule has 2 heterocycles. The van der Waals surface area contributed by atoms with Crippen LogP contribution in [0, 0.1) is 4.64 Å². The van der Waals surface area contributed by atoms with Crippen LogP contribution in [-0.4, -0.2) is 26.4 Å². The van der Waals surface area contributed by atoms with E-state index in [2.05, 4.69) is 20.2 Å². The van der Waals surface area contributed by atoms with Gasteiger partial charge in [-0.25, -0.2) is 9.97 Å². The molecule has 0 fully saturated rings. The molecule has 0 atom stereocenters. The van der Waals surface area contributed by atoms with Gasteiger partial charge in [-0.1, -0.05) is 24.0 Å². The fourth-order valence-electron chi connectivity index (χ4n) is 0.909. The van der Waals surface area contributed by atoms with Crippen LogP contribution in [0.5, 0.6) is 0 Å². The Morgan fingerprint density at radius 1 is 1.50 bits per heavy atom. The average molecular weight is 198 g/mol. The molecule has 0 aliphatic carbocycles. The van der Waals surface area contributed by atoms with Gasteiger partial charge >= 0.3 is 0 Å². The van der Waals surface area contributed by atoms with Gasteiger partial charge in [-0.15, -0.1) is 0 Å².